The van der Waals surface area contributed by atoms with Crippen molar-refractivity contribution in [1.82, 2.24) is 4.98 Å². The first-order chi connectivity index (χ1) is 9.70. The van der Waals surface area contributed by atoms with Gasteiger partial charge in [-0.3, -0.25) is 0 Å². The molecule has 0 amide bonds. The van der Waals surface area contributed by atoms with Gasteiger partial charge in [0.25, 0.3) is 4.84 Å². The van der Waals surface area contributed by atoms with Crippen molar-refractivity contribution in [1.29, 1.82) is 0 Å². The van der Waals surface area contributed by atoms with Crippen molar-refractivity contribution in [2.75, 3.05) is 10.6 Å². The maximum absolute atomic E-state index is 5.36. The van der Waals surface area contributed by atoms with Crippen LogP contribution in [-0.2, 0) is 0 Å². The Kier molecular flexibility index (Phi) is 3.49. The van der Waals surface area contributed by atoms with Crippen LogP contribution in [0.4, 0.5) is 11.4 Å². The van der Waals surface area contributed by atoms with E-state index in [4.69, 9.17) is 28.9 Å². The summed E-state index contributed by atoms with van der Waals surface area (Å²) in [4.78, 5) is 3.31. The fourth-order valence-electron chi connectivity index (χ4n) is 1.84. The molecule has 1 aromatic heterocycles. The number of oxazole rings is 1. The highest BCUT2D eigenvalue weighted by atomic mass is 32.1. The average Bonchev–Trinajstić information content (AvgIpc) is 2.79. The predicted octanol–water partition coefficient (Wildman–Crippen LogP) is 4.30. The number of aromatic amines is 1. The summed E-state index contributed by atoms with van der Waals surface area (Å²) >= 11 is 10.2. The molecule has 3 rings (SSSR count). The second-order valence-corrected chi connectivity index (χ2v) is 4.95. The second-order valence-electron chi connectivity index (χ2n) is 4.17. The first-order valence-corrected chi connectivity index (χ1v) is 6.78. The van der Waals surface area contributed by atoms with Gasteiger partial charge in [0.05, 0.1) is 5.52 Å². The number of hydrogen-bond acceptors (Lipinski definition) is 3. The molecule has 0 saturated heterocycles. The third-order valence-electron chi connectivity index (χ3n) is 2.71. The van der Waals surface area contributed by atoms with Gasteiger partial charge in [-0.15, -0.1) is 0 Å². The van der Waals surface area contributed by atoms with Crippen LogP contribution in [0.15, 0.2) is 52.9 Å². The zero-order valence-electron chi connectivity index (χ0n) is 10.3. The third-order valence-corrected chi connectivity index (χ3v) is 3.10. The van der Waals surface area contributed by atoms with Crippen LogP contribution in [0.1, 0.15) is 0 Å². The maximum atomic E-state index is 5.36. The van der Waals surface area contributed by atoms with Gasteiger partial charge in [0.1, 0.15) is 0 Å². The molecule has 2 aromatic carbocycles. The minimum atomic E-state index is 0.363. The molecule has 3 aromatic rings. The molecular formula is C14H11N3OS2. The number of thiocarbonyl (C=S) groups is 1. The molecule has 6 heteroatoms. The van der Waals surface area contributed by atoms with E-state index in [0.717, 1.165) is 16.9 Å². The number of anilines is 2. The summed E-state index contributed by atoms with van der Waals surface area (Å²) < 4.78 is 5.36. The van der Waals surface area contributed by atoms with Crippen molar-refractivity contribution in [3.63, 3.8) is 0 Å². The van der Waals surface area contributed by atoms with Crippen molar-refractivity contribution >= 4 is 52.0 Å². The Bertz CT molecular complexity index is 808. The number of para-hydroxylation sites is 1. The maximum Gasteiger partial charge on any atom is 0.266 e. The summed E-state index contributed by atoms with van der Waals surface area (Å²) in [6.07, 6.45) is 0. The van der Waals surface area contributed by atoms with E-state index < -0.39 is 0 Å². The van der Waals surface area contributed by atoms with Gasteiger partial charge < -0.3 is 20.0 Å². The highest BCUT2D eigenvalue weighted by Gasteiger charge is 2.03. The number of nitrogens with one attached hydrogen (secondary N) is 3. The number of benzene rings is 2. The molecule has 4 nitrogen and oxygen atoms in total. The molecular weight excluding hydrogens is 290 g/mol. The molecule has 1 heterocycles. The Balaban J connectivity index is 1.75. The summed E-state index contributed by atoms with van der Waals surface area (Å²) in [5.41, 5.74) is 3.33. The van der Waals surface area contributed by atoms with E-state index in [0.29, 0.717) is 15.5 Å². The van der Waals surface area contributed by atoms with E-state index in [-0.39, 0.29) is 0 Å². The molecule has 0 bridgehead atoms. The Morgan fingerprint density at radius 1 is 1.00 bits per heavy atom. The summed E-state index contributed by atoms with van der Waals surface area (Å²) in [5, 5.41) is 6.73. The molecule has 0 unspecified atom stereocenters. The average molecular weight is 301 g/mol. The molecule has 3 N–H and O–H groups in total. The quantitative estimate of drug-likeness (QED) is 0.616. The van der Waals surface area contributed by atoms with E-state index in [1.807, 2.05) is 48.5 Å². The number of hydrogen-bond donors (Lipinski definition) is 3. The Hall–Kier alpha value is -2.18. The van der Waals surface area contributed by atoms with Gasteiger partial charge >= 0.3 is 0 Å². The normalized spacial score (nSPS) is 10.4. The smallest absolute Gasteiger partial charge is 0.266 e. The molecule has 0 radical (unpaired) electrons. The van der Waals surface area contributed by atoms with Crippen LogP contribution < -0.4 is 10.6 Å². The van der Waals surface area contributed by atoms with Crippen LogP contribution in [0.5, 0.6) is 0 Å². The van der Waals surface area contributed by atoms with Crippen molar-refractivity contribution in [3.8, 4) is 0 Å². The summed E-state index contributed by atoms with van der Waals surface area (Å²) in [7, 11) is 0. The van der Waals surface area contributed by atoms with Crippen molar-refractivity contribution < 1.29 is 4.42 Å². The third kappa shape index (κ3) is 2.87. The summed E-state index contributed by atoms with van der Waals surface area (Å²) in [6.45, 7) is 0. The van der Waals surface area contributed by atoms with E-state index in [2.05, 4.69) is 15.6 Å². The Morgan fingerprint density at radius 2 is 1.75 bits per heavy atom. The van der Waals surface area contributed by atoms with E-state index >= 15 is 0 Å². The Labute approximate surface area is 125 Å². The van der Waals surface area contributed by atoms with Gasteiger partial charge in [-0.25, -0.2) is 0 Å². The minimum Gasteiger partial charge on any atom is -0.429 e. The molecule has 0 atom stereocenters. The summed E-state index contributed by atoms with van der Waals surface area (Å²) in [6, 6.07) is 15.4. The van der Waals surface area contributed by atoms with Gasteiger partial charge in [0.2, 0.25) is 0 Å². The van der Waals surface area contributed by atoms with E-state index in [9.17, 15) is 0 Å². The lowest BCUT2D eigenvalue weighted by atomic mass is 10.3. The standard InChI is InChI=1S/C14H11N3OS2/c19-13(15-9-4-2-1-3-5-9)16-10-6-7-11-12(8-10)18-14(20)17-11/h1-8H,(H,17,20)(H2,15,16,19). The van der Waals surface area contributed by atoms with E-state index in [1.165, 1.54) is 0 Å². The number of aromatic nitrogens is 1. The molecule has 0 aliphatic carbocycles. The van der Waals surface area contributed by atoms with Gasteiger partial charge in [-0.1, -0.05) is 18.2 Å². The first kappa shape index (κ1) is 12.8. The van der Waals surface area contributed by atoms with Gasteiger partial charge in [0, 0.05) is 17.4 Å². The van der Waals surface area contributed by atoms with Crippen LogP contribution in [0.2, 0.25) is 0 Å². The van der Waals surface area contributed by atoms with Crippen LogP contribution in [-0.4, -0.2) is 10.1 Å². The largest absolute Gasteiger partial charge is 0.429 e. The lowest BCUT2D eigenvalue weighted by Gasteiger charge is -2.10. The van der Waals surface area contributed by atoms with Gasteiger partial charge in [0.15, 0.2) is 10.7 Å². The second kappa shape index (κ2) is 5.44. The molecule has 20 heavy (non-hydrogen) atoms. The lowest BCUT2D eigenvalue weighted by Crippen LogP contribution is -2.18. The van der Waals surface area contributed by atoms with Crippen molar-refractivity contribution in [3.05, 3.63) is 53.4 Å². The lowest BCUT2D eigenvalue weighted by molar-refractivity contribution is 0.583. The fourth-order valence-corrected chi connectivity index (χ4v) is 2.27. The summed E-state index contributed by atoms with van der Waals surface area (Å²) in [5.74, 6) is 0. The fraction of sp³-hybridized carbons (Fsp3) is 0. The molecule has 0 spiro atoms. The molecule has 100 valence electrons. The number of rotatable bonds is 2. The van der Waals surface area contributed by atoms with Crippen LogP contribution >= 0.6 is 24.4 Å². The first-order valence-electron chi connectivity index (χ1n) is 5.97. The zero-order valence-corrected chi connectivity index (χ0v) is 12.0. The molecule has 0 aliphatic rings. The number of H-pyrrole nitrogens is 1. The van der Waals surface area contributed by atoms with Gasteiger partial charge in [-0.2, -0.15) is 0 Å². The van der Waals surface area contributed by atoms with E-state index in [1.54, 1.807) is 0 Å². The van der Waals surface area contributed by atoms with Gasteiger partial charge in [-0.05, 0) is 48.7 Å². The SMILES string of the molecule is S=C(Nc1ccccc1)Nc1ccc2[nH]c(=S)oc2c1. The highest BCUT2D eigenvalue weighted by molar-refractivity contribution is 7.80. The zero-order chi connectivity index (χ0) is 13.9. The molecule has 0 fully saturated rings. The molecule has 0 aliphatic heterocycles. The van der Waals surface area contributed by atoms with Crippen LogP contribution in [0.25, 0.3) is 11.1 Å². The minimum absolute atomic E-state index is 0.363. The monoisotopic (exact) mass is 301 g/mol. The van der Waals surface area contributed by atoms with Crippen LogP contribution in [0, 0.1) is 4.84 Å². The van der Waals surface area contributed by atoms with Crippen molar-refractivity contribution in [2.45, 2.75) is 0 Å². The van der Waals surface area contributed by atoms with Crippen molar-refractivity contribution in [2.24, 2.45) is 0 Å². The predicted molar refractivity (Wildman–Crippen MR) is 87.7 cm³/mol. The topological polar surface area (TPSA) is 53.0 Å². The molecule has 0 saturated carbocycles. The Morgan fingerprint density at radius 3 is 2.55 bits per heavy atom. The number of fused-ring (bicyclic) bond motifs is 1. The highest BCUT2D eigenvalue weighted by Crippen LogP contribution is 2.19. The van der Waals surface area contributed by atoms with Crippen LogP contribution in [0.3, 0.4) is 0 Å².